The Kier molecular flexibility index (Phi) is 3.24. The SMILES string of the molecule is Fc1cccnc1CN1CC2CC(C1)N2c1ncnc2sccc12. The highest BCUT2D eigenvalue weighted by Crippen LogP contribution is 2.39. The van der Waals surface area contributed by atoms with Gasteiger partial charge in [0.1, 0.15) is 22.8 Å². The Morgan fingerprint density at radius 2 is 2.04 bits per heavy atom. The van der Waals surface area contributed by atoms with E-state index in [9.17, 15) is 4.39 Å². The molecular weight excluding hydrogens is 325 g/mol. The maximum absolute atomic E-state index is 13.8. The van der Waals surface area contributed by atoms with Gasteiger partial charge in [-0.2, -0.15) is 0 Å². The number of aromatic nitrogens is 3. The van der Waals surface area contributed by atoms with Crippen LogP contribution < -0.4 is 4.90 Å². The molecule has 122 valence electrons. The smallest absolute Gasteiger partial charge is 0.146 e. The molecule has 3 aliphatic heterocycles. The predicted octanol–water partition coefficient (Wildman–Crippen LogP) is 2.69. The number of pyridine rings is 1. The highest BCUT2D eigenvalue weighted by atomic mass is 32.1. The first kappa shape index (κ1) is 14.2. The summed E-state index contributed by atoms with van der Waals surface area (Å²) in [6.07, 6.45) is 4.49. The zero-order valence-corrected chi connectivity index (χ0v) is 13.8. The Balaban J connectivity index is 1.36. The van der Waals surface area contributed by atoms with E-state index in [1.165, 1.54) is 12.5 Å². The molecule has 6 heterocycles. The van der Waals surface area contributed by atoms with Crippen molar-refractivity contribution in [1.82, 2.24) is 19.9 Å². The molecule has 3 aromatic heterocycles. The van der Waals surface area contributed by atoms with Gasteiger partial charge in [0.05, 0.1) is 11.1 Å². The zero-order valence-electron chi connectivity index (χ0n) is 13.0. The summed E-state index contributed by atoms with van der Waals surface area (Å²) in [5, 5.41) is 3.20. The second-order valence-corrected chi connectivity index (χ2v) is 7.31. The van der Waals surface area contributed by atoms with E-state index >= 15 is 0 Å². The minimum atomic E-state index is -0.218. The zero-order chi connectivity index (χ0) is 16.1. The number of piperidine rings is 1. The average Bonchev–Trinajstić information content (AvgIpc) is 3.07. The molecule has 0 radical (unpaired) electrons. The summed E-state index contributed by atoms with van der Waals surface area (Å²) in [5.74, 6) is 0.829. The number of fused-ring (bicyclic) bond motifs is 3. The van der Waals surface area contributed by atoms with Gasteiger partial charge in [0.2, 0.25) is 0 Å². The van der Waals surface area contributed by atoms with Crippen LogP contribution in [0.3, 0.4) is 0 Å². The molecule has 2 bridgehead atoms. The summed E-state index contributed by atoms with van der Waals surface area (Å²) < 4.78 is 13.8. The molecule has 3 aliphatic rings. The highest BCUT2D eigenvalue weighted by molar-refractivity contribution is 7.16. The normalized spacial score (nSPS) is 23.5. The van der Waals surface area contributed by atoms with Gasteiger partial charge in [-0.3, -0.25) is 9.88 Å². The molecule has 6 rings (SSSR count). The summed E-state index contributed by atoms with van der Waals surface area (Å²) in [6, 6.07) is 6.09. The summed E-state index contributed by atoms with van der Waals surface area (Å²) >= 11 is 1.65. The van der Waals surface area contributed by atoms with E-state index in [0.29, 0.717) is 24.3 Å². The summed E-state index contributed by atoms with van der Waals surface area (Å²) in [6.45, 7) is 2.41. The maximum Gasteiger partial charge on any atom is 0.146 e. The van der Waals surface area contributed by atoms with Crippen LogP contribution in [0.5, 0.6) is 0 Å². The molecule has 0 aromatic carbocycles. The van der Waals surface area contributed by atoms with Crippen molar-refractivity contribution in [3.63, 3.8) is 0 Å². The van der Waals surface area contributed by atoms with E-state index in [2.05, 4.69) is 36.2 Å². The third-order valence-electron chi connectivity index (χ3n) is 4.96. The van der Waals surface area contributed by atoms with Gasteiger partial charge in [0.25, 0.3) is 0 Å². The van der Waals surface area contributed by atoms with E-state index in [1.54, 1.807) is 29.9 Å². The number of hydrogen-bond donors (Lipinski definition) is 0. The minimum Gasteiger partial charge on any atom is -0.347 e. The van der Waals surface area contributed by atoms with Crippen LogP contribution in [-0.2, 0) is 6.54 Å². The van der Waals surface area contributed by atoms with Crippen molar-refractivity contribution in [3.8, 4) is 0 Å². The molecule has 24 heavy (non-hydrogen) atoms. The standard InChI is InChI=1S/C17H16FN5S/c18-14-2-1-4-19-15(14)9-22-7-11-6-12(8-22)23(11)16-13-3-5-24-17(13)21-10-20-16/h1-5,10-12H,6-9H2. The summed E-state index contributed by atoms with van der Waals surface area (Å²) in [4.78, 5) is 18.8. The fraction of sp³-hybridized carbons (Fsp3) is 0.353. The molecule has 2 atom stereocenters. The Labute approximate surface area is 142 Å². The first-order chi connectivity index (χ1) is 11.8. The molecule has 3 fully saturated rings. The topological polar surface area (TPSA) is 45.2 Å². The van der Waals surface area contributed by atoms with E-state index in [0.717, 1.165) is 29.1 Å². The number of piperazine rings is 1. The largest absolute Gasteiger partial charge is 0.347 e. The molecule has 5 nitrogen and oxygen atoms in total. The van der Waals surface area contributed by atoms with Gasteiger partial charge < -0.3 is 4.90 Å². The molecule has 7 heteroatoms. The van der Waals surface area contributed by atoms with E-state index in [4.69, 9.17) is 0 Å². The van der Waals surface area contributed by atoms with Crippen molar-refractivity contribution >= 4 is 27.4 Å². The van der Waals surface area contributed by atoms with Crippen LogP contribution in [-0.4, -0.2) is 45.0 Å². The molecule has 2 unspecified atom stereocenters. The number of rotatable bonds is 3. The second kappa shape index (κ2) is 5.46. The van der Waals surface area contributed by atoms with E-state index in [1.807, 2.05) is 0 Å². The Bertz CT molecular complexity index is 885. The van der Waals surface area contributed by atoms with Gasteiger partial charge in [0.15, 0.2) is 0 Å². The molecule has 3 saturated heterocycles. The number of thiophene rings is 1. The van der Waals surface area contributed by atoms with Crippen LogP contribution in [0, 0.1) is 5.82 Å². The molecule has 0 saturated carbocycles. The monoisotopic (exact) mass is 341 g/mol. The van der Waals surface area contributed by atoms with Gasteiger partial charge in [-0.15, -0.1) is 11.3 Å². The first-order valence-corrected chi connectivity index (χ1v) is 8.96. The predicted molar refractivity (Wildman–Crippen MR) is 91.6 cm³/mol. The first-order valence-electron chi connectivity index (χ1n) is 8.08. The van der Waals surface area contributed by atoms with Crippen LogP contribution in [0.4, 0.5) is 10.2 Å². The van der Waals surface area contributed by atoms with Crippen LogP contribution in [0.1, 0.15) is 12.1 Å². The van der Waals surface area contributed by atoms with Crippen LogP contribution in [0.2, 0.25) is 0 Å². The number of hydrogen-bond acceptors (Lipinski definition) is 6. The van der Waals surface area contributed by atoms with Gasteiger partial charge in [-0.05, 0) is 30.0 Å². The average molecular weight is 341 g/mol. The molecule has 0 N–H and O–H groups in total. The van der Waals surface area contributed by atoms with Crippen molar-refractivity contribution in [1.29, 1.82) is 0 Å². The summed E-state index contributed by atoms with van der Waals surface area (Å²) in [5.41, 5.74) is 0.535. The molecule has 3 aromatic rings. The molecule has 0 spiro atoms. The van der Waals surface area contributed by atoms with Gasteiger partial charge in [-0.25, -0.2) is 14.4 Å². The van der Waals surface area contributed by atoms with Crippen LogP contribution in [0.15, 0.2) is 36.1 Å². The second-order valence-electron chi connectivity index (χ2n) is 6.41. The summed E-state index contributed by atoms with van der Waals surface area (Å²) in [7, 11) is 0. The molecule has 0 aliphatic carbocycles. The van der Waals surface area contributed by atoms with Gasteiger partial charge >= 0.3 is 0 Å². The Morgan fingerprint density at radius 1 is 1.17 bits per heavy atom. The van der Waals surface area contributed by atoms with Crippen molar-refractivity contribution in [2.75, 3.05) is 18.0 Å². The van der Waals surface area contributed by atoms with E-state index in [-0.39, 0.29) is 5.82 Å². The number of nitrogens with zero attached hydrogens (tertiary/aromatic N) is 5. The van der Waals surface area contributed by atoms with Crippen LogP contribution in [0.25, 0.3) is 10.2 Å². The lowest BCUT2D eigenvalue weighted by atomic mass is 9.87. The van der Waals surface area contributed by atoms with Crippen molar-refractivity contribution in [3.05, 3.63) is 47.6 Å². The number of halogens is 1. The fourth-order valence-corrected chi connectivity index (χ4v) is 4.63. The van der Waals surface area contributed by atoms with Gasteiger partial charge in [-0.1, -0.05) is 0 Å². The fourth-order valence-electron chi connectivity index (χ4n) is 3.90. The molecular formula is C17H16FN5S. The Hall–Kier alpha value is -2.12. The lowest BCUT2D eigenvalue weighted by Crippen LogP contribution is -2.69. The van der Waals surface area contributed by atoms with Crippen molar-refractivity contribution in [2.45, 2.75) is 25.0 Å². The van der Waals surface area contributed by atoms with Crippen molar-refractivity contribution in [2.24, 2.45) is 0 Å². The third-order valence-corrected chi connectivity index (χ3v) is 5.78. The van der Waals surface area contributed by atoms with Crippen LogP contribution >= 0.6 is 11.3 Å². The lowest BCUT2D eigenvalue weighted by Gasteiger charge is -2.57. The number of anilines is 1. The Morgan fingerprint density at radius 3 is 2.88 bits per heavy atom. The quantitative estimate of drug-likeness (QED) is 0.733. The third kappa shape index (κ3) is 2.19. The van der Waals surface area contributed by atoms with Crippen molar-refractivity contribution < 1.29 is 4.39 Å². The molecule has 0 amide bonds. The van der Waals surface area contributed by atoms with Gasteiger partial charge in [0, 0.05) is 37.9 Å². The lowest BCUT2D eigenvalue weighted by molar-refractivity contribution is 0.106. The highest BCUT2D eigenvalue weighted by Gasteiger charge is 2.45. The maximum atomic E-state index is 13.8. The van der Waals surface area contributed by atoms with E-state index < -0.39 is 0 Å². The minimum absolute atomic E-state index is 0.218.